The van der Waals surface area contributed by atoms with E-state index in [0.29, 0.717) is 24.2 Å². The van der Waals surface area contributed by atoms with Gasteiger partial charge in [0.25, 0.3) is 11.2 Å². The van der Waals surface area contributed by atoms with Crippen LogP contribution in [0.4, 0.5) is 36.8 Å². The molecule has 2 aliphatic heterocycles. The van der Waals surface area contributed by atoms with Crippen LogP contribution in [0.5, 0.6) is 0 Å². The van der Waals surface area contributed by atoms with Gasteiger partial charge in [-0.05, 0) is 79.8 Å². The summed E-state index contributed by atoms with van der Waals surface area (Å²) >= 11 is 11.7. The number of halogens is 8. The van der Waals surface area contributed by atoms with E-state index < -0.39 is 47.1 Å². The number of fused-ring (bicyclic) bond motifs is 2. The Morgan fingerprint density at radius 1 is 0.837 bits per heavy atom. The number of unbranched alkanes of at least 4 members (excludes halogenated alkanes) is 2. The number of esters is 1. The van der Waals surface area contributed by atoms with Crippen LogP contribution in [0.2, 0.25) is 10.0 Å². The van der Waals surface area contributed by atoms with Crippen LogP contribution in [0.3, 0.4) is 0 Å². The van der Waals surface area contributed by atoms with Crippen molar-refractivity contribution in [3.05, 3.63) is 63.1 Å². The number of amides is 2. The first-order chi connectivity index (χ1) is 23.0. The summed E-state index contributed by atoms with van der Waals surface area (Å²) in [6.45, 7) is 1.95. The van der Waals surface area contributed by atoms with Crippen molar-refractivity contribution in [3.63, 3.8) is 0 Å². The highest BCUT2D eigenvalue weighted by Crippen LogP contribution is 2.50. The van der Waals surface area contributed by atoms with E-state index in [1.807, 2.05) is 6.92 Å². The van der Waals surface area contributed by atoms with Gasteiger partial charge in [0.1, 0.15) is 0 Å². The summed E-state index contributed by atoms with van der Waals surface area (Å²) in [6, 6.07) is 7.67. The largest absolute Gasteiger partial charge is 0.445 e. The van der Waals surface area contributed by atoms with Crippen LogP contribution in [0.15, 0.2) is 36.4 Å². The molecule has 2 saturated carbocycles. The molecule has 14 heteroatoms. The number of carbonyl (C=O) groups excluding carboxylic acids is 3. The van der Waals surface area contributed by atoms with E-state index in [0.717, 1.165) is 31.7 Å². The molecule has 2 amide bonds. The standard InChI is InChI=1S/C20H19ClF3NO3.C15H10ClF3O2/c1-2-3-4-5-17(26)25-16-9-8-14(21)12-15(16)19(20(22,23)24,28-18(25)27)11-10-13-6-7-13;16-11-4-3-10-7-13(20)21-14(12(10)8-11,15(17,18)19)6-5-9-1-2-9/h8-9,12-13H,2-7H2,1H3;3-4,8-9H,1-2,7H2/t19-;14-/m00/s1. The number of anilines is 1. The Kier molecular flexibility index (Phi) is 10.3. The molecule has 0 aromatic heterocycles. The number of rotatable bonds is 4. The van der Waals surface area contributed by atoms with Gasteiger partial charge >= 0.3 is 24.4 Å². The van der Waals surface area contributed by atoms with Gasteiger partial charge in [-0.2, -0.15) is 26.3 Å². The second-order valence-corrected chi connectivity index (χ2v) is 13.0. The minimum absolute atomic E-state index is 0.0249. The van der Waals surface area contributed by atoms with Crippen molar-refractivity contribution in [3.8, 4) is 23.7 Å². The maximum Gasteiger partial charge on any atom is 0.445 e. The van der Waals surface area contributed by atoms with Gasteiger partial charge in [-0.3, -0.25) is 9.59 Å². The third kappa shape index (κ3) is 7.66. The summed E-state index contributed by atoms with van der Waals surface area (Å²) in [5, 5.41) is 0.172. The smallest absolute Gasteiger partial charge is 0.431 e. The van der Waals surface area contributed by atoms with Crippen LogP contribution in [0.1, 0.15) is 75.0 Å². The number of alkyl halides is 6. The number of carbonyl (C=O) groups is 3. The van der Waals surface area contributed by atoms with Gasteiger partial charge in [-0.15, -0.1) is 0 Å². The summed E-state index contributed by atoms with van der Waals surface area (Å²) in [7, 11) is 0. The molecule has 0 saturated heterocycles. The molecule has 2 aromatic carbocycles. The van der Waals surface area contributed by atoms with Crippen LogP contribution >= 0.6 is 23.2 Å². The van der Waals surface area contributed by atoms with Crippen molar-refractivity contribution < 1.29 is 50.2 Å². The Hall–Kier alpha value is -3.87. The summed E-state index contributed by atoms with van der Waals surface area (Å²) in [4.78, 5) is 37.3. The van der Waals surface area contributed by atoms with Crippen molar-refractivity contribution >= 4 is 46.9 Å². The molecule has 0 spiro atoms. The van der Waals surface area contributed by atoms with Crippen molar-refractivity contribution in [2.24, 2.45) is 11.8 Å². The number of ether oxygens (including phenoxy) is 2. The molecule has 49 heavy (non-hydrogen) atoms. The molecule has 2 aromatic rings. The van der Waals surface area contributed by atoms with Gasteiger partial charge in [0.15, 0.2) is 0 Å². The van der Waals surface area contributed by atoms with Crippen molar-refractivity contribution in [1.82, 2.24) is 0 Å². The maximum absolute atomic E-state index is 14.1. The topological polar surface area (TPSA) is 72.9 Å². The lowest BCUT2D eigenvalue weighted by molar-refractivity contribution is -0.256. The molecule has 4 aliphatic rings. The molecule has 2 aliphatic carbocycles. The quantitative estimate of drug-likeness (QED) is 0.136. The molecule has 0 radical (unpaired) electrons. The molecule has 6 nitrogen and oxygen atoms in total. The molecule has 2 heterocycles. The Morgan fingerprint density at radius 3 is 1.90 bits per heavy atom. The lowest BCUT2D eigenvalue weighted by Crippen LogP contribution is -2.54. The van der Waals surface area contributed by atoms with Crippen molar-refractivity contribution in [2.75, 3.05) is 4.90 Å². The molecule has 6 rings (SSSR count). The van der Waals surface area contributed by atoms with Crippen molar-refractivity contribution in [2.45, 2.75) is 88.3 Å². The summed E-state index contributed by atoms with van der Waals surface area (Å²) in [6.07, 6.45) is -6.28. The highest BCUT2D eigenvalue weighted by molar-refractivity contribution is 6.31. The van der Waals surface area contributed by atoms with Gasteiger partial charge in [0.05, 0.1) is 12.1 Å². The van der Waals surface area contributed by atoms with Crippen molar-refractivity contribution in [1.29, 1.82) is 0 Å². The summed E-state index contributed by atoms with van der Waals surface area (Å²) in [5.41, 5.74) is -6.62. The number of hydrogen-bond donors (Lipinski definition) is 0. The van der Waals surface area contributed by atoms with E-state index in [-0.39, 0.29) is 51.5 Å². The van der Waals surface area contributed by atoms with E-state index in [1.165, 1.54) is 30.3 Å². The summed E-state index contributed by atoms with van der Waals surface area (Å²) in [5.74, 6) is 7.68. The lowest BCUT2D eigenvalue weighted by atomic mass is 9.85. The fraction of sp³-hybridized carbons (Fsp3) is 0.457. The monoisotopic (exact) mass is 727 g/mol. The first-order valence-electron chi connectivity index (χ1n) is 15.6. The van der Waals surface area contributed by atoms with Gasteiger partial charge < -0.3 is 9.47 Å². The first-order valence-corrected chi connectivity index (χ1v) is 16.3. The molecule has 2 fully saturated rings. The predicted octanol–water partition coefficient (Wildman–Crippen LogP) is 9.18. The first kappa shape index (κ1) is 36.4. The zero-order valence-electron chi connectivity index (χ0n) is 26.0. The molecule has 260 valence electrons. The SMILES string of the molecule is CCCCCC(=O)N1C(=O)O[C@](C#CC2CC2)(C(F)(F)F)c2cc(Cl)ccc21.O=C1Cc2ccc(Cl)cc2[C@@](C#CC2CC2)(C(F)(F)F)O1. The Bertz CT molecular complexity index is 1780. The molecule has 0 bridgehead atoms. The van der Waals surface area contributed by atoms with Gasteiger partial charge in [0.2, 0.25) is 5.91 Å². The van der Waals surface area contributed by atoms with E-state index in [1.54, 1.807) is 0 Å². The maximum atomic E-state index is 14.1. The van der Waals surface area contributed by atoms with Crippen LogP contribution in [0, 0.1) is 35.5 Å². The number of nitrogens with zero attached hydrogens (tertiary/aromatic N) is 1. The minimum atomic E-state index is -5.00. The molecule has 2 atom stereocenters. The number of benzene rings is 2. The Morgan fingerprint density at radius 2 is 1.37 bits per heavy atom. The fourth-order valence-corrected chi connectivity index (χ4v) is 5.59. The van der Waals surface area contributed by atoms with Crippen LogP contribution in [-0.2, 0) is 36.7 Å². The molecule has 0 N–H and O–H groups in total. The highest BCUT2D eigenvalue weighted by atomic mass is 35.5. The Balaban J connectivity index is 0.000000199. The van der Waals surface area contributed by atoms with E-state index >= 15 is 0 Å². The number of hydrogen-bond acceptors (Lipinski definition) is 5. The normalized spacial score (nSPS) is 22.8. The molecular weight excluding hydrogens is 699 g/mol. The highest BCUT2D eigenvalue weighted by Gasteiger charge is 2.64. The Labute approximate surface area is 288 Å². The van der Waals surface area contributed by atoms with Gasteiger partial charge in [0, 0.05) is 39.4 Å². The second kappa shape index (κ2) is 13.8. The number of imide groups is 1. The molecule has 0 unspecified atom stereocenters. The van der Waals surface area contributed by atoms with E-state index in [4.69, 9.17) is 32.7 Å². The summed E-state index contributed by atoms with van der Waals surface area (Å²) < 4.78 is 92.7. The minimum Gasteiger partial charge on any atom is -0.431 e. The lowest BCUT2D eigenvalue weighted by Gasteiger charge is -2.39. The third-order valence-corrected chi connectivity index (χ3v) is 8.63. The third-order valence-electron chi connectivity index (χ3n) is 8.16. The van der Waals surface area contributed by atoms with Crippen LogP contribution < -0.4 is 4.90 Å². The van der Waals surface area contributed by atoms with E-state index in [9.17, 15) is 40.7 Å². The second-order valence-electron chi connectivity index (χ2n) is 12.1. The van der Waals surface area contributed by atoms with Gasteiger partial charge in [-0.25, -0.2) is 9.69 Å². The zero-order chi connectivity index (χ0) is 35.8. The average Bonchev–Trinajstić information content (AvgIpc) is 3.94. The van der Waals surface area contributed by atoms with Gasteiger partial charge in [-0.1, -0.05) is 60.9 Å². The van der Waals surface area contributed by atoms with Crippen LogP contribution in [0.25, 0.3) is 0 Å². The van der Waals surface area contributed by atoms with Crippen LogP contribution in [-0.4, -0.2) is 30.3 Å². The fourth-order valence-electron chi connectivity index (χ4n) is 5.25. The van der Waals surface area contributed by atoms with E-state index in [2.05, 4.69) is 23.7 Å². The number of cyclic esters (lactones) is 2. The molecular formula is C35H29Cl2F6NO5. The zero-order valence-corrected chi connectivity index (χ0v) is 27.5. The average molecular weight is 729 g/mol. The predicted molar refractivity (Wildman–Crippen MR) is 167 cm³/mol.